The van der Waals surface area contributed by atoms with E-state index in [0.717, 1.165) is 33.9 Å². The number of para-hydroxylation sites is 2. The van der Waals surface area contributed by atoms with Crippen molar-refractivity contribution in [1.29, 1.82) is 0 Å². The lowest BCUT2D eigenvalue weighted by Crippen LogP contribution is -2.24. The molecule has 0 N–H and O–H groups in total. The smallest absolute Gasteiger partial charge is 0.0542 e. The maximum atomic E-state index is 4.46. The standard InChI is InChI=1S/C55H40N2/c1-3-38(29-28-36(2)37-16-6-4-7-17-37)56(41-31-33-53-50(34-41)44-21-12-13-27-52(44)57(53)39-18-8-5-9-19-39)40-30-32-43-47-24-15-25-48-49-26-14-23-46(55(49)51(43)35-40)42-20-10-11-22-45(42)54(47)48/h3-35,43,51H,2H2,1H3/b29-28-,38-3+/t43?,51-/m0/s1. The molecule has 0 saturated heterocycles. The van der Waals surface area contributed by atoms with Crippen LogP contribution in [0, 0.1) is 0 Å². The fourth-order valence-electron chi connectivity index (χ4n) is 9.71. The Morgan fingerprint density at radius 1 is 0.596 bits per heavy atom. The number of fused-ring (bicyclic) bond motifs is 7. The van der Waals surface area contributed by atoms with E-state index in [1.54, 1.807) is 0 Å². The lowest BCUT2D eigenvalue weighted by atomic mass is 9.73. The van der Waals surface area contributed by atoms with Gasteiger partial charge >= 0.3 is 0 Å². The number of aromatic nitrogens is 1. The molecule has 6 bridgehead atoms. The molecule has 1 aromatic heterocycles. The third-order valence-corrected chi connectivity index (χ3v) is 12.2. The fraction of sp³-hybridized carbons (Fsp3) is 0.0545. The Morgan fingerprint density at radius 2 is 1.26 bits per heavy atom. The number of rotatable bonds is 7. The topological polar surface area (TPSA) is 8.17 Å². The predicted octanol–water partition coefficient (Wildman–Crippen LogP) is 14.4. The highest BCUT2D eigenvalue weighted by molar-refractivity contribution is 6.10. The van der Waals surface area contributed by atoms with Crippen LogP contribution in [-0.2, 0) is 0 Å². The first kappa shape index (κ1) is 33.2. The largest absolute Gasteiger partial charge is 0.311 e. The first-order chi connectivity index (χ1) is 28.2. The summed E-state index contributed by atoms with van der Waals surface area (Å²) < 4.78 is 2.38. The van der Waals surface area contributed by atoms with E-state index in [9.17, 15) is 0 Å². The first-order valence-electron chi connectivity index (χ1n) is 19.9. The molecule has 2 heteroatoms. The van der Waals surface area contributed by atoms with Gasteiger partial charge in [-0.15, -0.1) is 0 Å². The van der Waals surface area contributed by atoms with E-state index in [1.165, 1.54) is 66.3 Å². The molecule has 2 atom stereocenters. The average molecular weight is 729 g/mol. The molecule has 270 valence electrons. The first-order valence-corrected chi connectivity index (χ1v) is 19.9. The monoisotopic (exact) mass is 728 g/mol. The zero-order valence-electron chi connectivity index (χ0n) is 31.8. The van der Waals surface area contributed by atoms with Crippen LogP contribution in [-0.4, -0.2) is 4.57 Å². The summed E-state index contributed by atoms with van der Waals surface area (Å²) in [4.78, 5) is 2.44. The fourth-order valence-corrected chi connectivity index (χ4v) is 9.71. The highest BCUT2D eigenvalue weighted by atomic mass is 15.2. The van der Waals surface area contributed by atoms with Crippen molar-refractivity contribution in [1.82, 2.24) is 4.57 Å². The van der Waals surface area contributed by atoms with Gasteiger partial charge in [-0.05, 0) is 111 Å². The molecule has 0 aliphatic heterocycles. The summed E-state index contributed by atoms with van der Waals surface area (Å²) in [6, 6.07) is 59.7. The normalized spacial score (nSPS) is 16.3. The van der Waals surface area contributed by atoms with Crippen LogP contribution in [0.4, 0.5) is 5.69 Å². The highest BCUT2D eigenvalue weighted by Crippen LogP contribution is 2.58. The lowest BCUT2D eigenvalue weighted by molar-refractivity contribution is 0.727. The van der Waals surface area contributed by atoms with Crippen LogP contribution in [0.5, 0.6) is 0 Å². The van der Waals surface area contributed by atoms with Gasteiger partial charge in [0.2, 0.25) is 0 Å². The molecule has 0 amide bonds. The molecule has 1 heterocycles. The number of hydrogen-bond donors (Lipinski definition) is 0. The Labute approximate surface area is 334 Å². The van der Waals surface area contributed by atoms with Crippen molar-refractivity contribution in [2.24, 2.45) is 0 Å². The molecule has 3 aliphatic rings. The van der Waals surface area contributed by atoms with Crippen LogP contribution in [0.3, 0.4) is 0 Å². The third-order valence-electron chi connectivity index (χ3n) is 12.2. The molecule has 0 saturated carbocycles. The molecule has 57 heavy (non-hydrogen) atoms. The Hall–Kier alpha value is -7.16. The van der Waals surface area contributed by atoms with Gasteiger partial charge in [-0.2, -0.15) is 0 Å². The zero-order chi connectivity index (χ0) is 38.0. The quantitative estimate of drug-likeness (QED) is 0.148. The number of allylic oxidation sites excluding steroid dienone is 7. The van der Waals surface area contributed by atoms with Gasteiger partial charge in [0.1, 0.15) is 0 Å². The Kier molecular flexibility index (Phi) is 7.72. The van der Waals surface area contributed by atoms with Gasteiger partial charge in [0.15, 0.2) is 0 Å². The molecule has 1 unspecified atom stereocenters. The van der Waals surface area contributed by atoms with E-state index in [2.05, 4.69) is 217 Å². The van der Waals surface area contributed by atoms with E-state index in [4.69, 9.17) is 0 Å². The predicted molar refractivity (Wildman–Crippen MR) is 241 cm³/mol. The Morgan fingerprint density at radius 3 is 2.09 bits per heavy atom. The number of benzene rings is 7. The van der Waals surface area contributed by atoms with Gasteiger partial charge in [0.05, 0.1) is 11.0 Å². The van der Waals surface area contributed by atoms with Crippen molar-refractivity contribution in [2.75, 3.05) is 4.90 Å². The second-order valence-corrected chi connectivity index (χ2v) is 15.2. The Bertz CT molecular complexity index is 3030. The van der Waals surface area contributed by atoms with E-state index in [0.29, 0.717) is 0 Å². The second-order valence-electron chi connectivity index (χ2n) is 15.2. The van der Waals surface area contributed by atoms with Crippen LogP contribution < -0.4 is 4.90 Å². The summed E-state index contributed by atoms with van der Waals surface area (Å²) in [7, 11) is 0. The minimum atomic E-state index is 0.135. The average Bonchev–Trinajstić information content (AvgIpc) is 3.55. The van der Waals surface area contributed by atoms with E-state index >= 15 is 0 Å². The third kappa shape index (κ3) is 5.18. The van der Waals surface area contributed by atoms with Crippen LogP contribution in [0.25, 0.3) is 66.4 Å². The maximum absolute atomic E-state index is 4.46. The van der Waals surface area contributed by atoms with E-state index in [1.807, 2.05) is 6.07 Å². The number of anilines is 1. The highest BCUT2D eigenvalue weighted by Gasteiger charge is 2.38. The molecule has 0 fully saturated rings. The molecule has 0 spiro atoms. The van der Waals surface area contributed by atoms with Crippen LogP contribution in [0.15, 0.2) is 218 Å². The van der Waals surface area contributed by atoms with Crippen LogP contribution in [0.2, 0.25) is 0 Å². The SMILES string of the molecule is C=C(/C=C\C(=C/C)N(C1=C[C@@H]2c3c4cccc3-c3cccc(c3-c3ccccc3-4)C2C=C1)c1ccc2c(c1)c1ccccc1n2-c1ccccc1)c1ccccc1. The molecule has 3 aliphatic carbocycles. The summed E-state index contributed by atoms with van der Waals surface area (Å²) in [5.41, 5.74) is 19.8. The van der Waals surface area contributed by atoms with Crippen molar-refractivity contribution in [2.45, 2.75) is 18.8 Å². The molecule has 8 aromatic rings. The van der Waals surface area contributed by atoms with Crippen LogP contribution >= 0.6 is 0 Å². The lowest BCUT2D eigenvalue weighted by Gasteiger charge is -2.35. The summed E-state index contributed by atoms with van der Waals surface area (Å²) in [6.45, 7) is 6.60. The molecule has 0 radical (unpaired) electrons. The van der Waals surface area contributed by atoms with Gasteiger partial charge in [0, 0.05) is 45.4 Å². The van der Waals surface area contributed by atoms with Crippen molar-refractivity contribution in [3.8, 4) is 39.1 Å². The van der Waals surface area contributed by atoms with Gasteiger partial charge in [-0.25, -0.2) is 0 Å². The summed E-state index contributed by atoms with van der Waals surface area (Å²) in [5, 5.41) is 2.45. The molecule has 7 aromatic carbocycles. The number of hydrogen-bond acceptors (Lipinski definition) is 1. The minimum absolute atomic E-state index is 0.135. The van der Waals surface area contributed by atoms with E-state index in [-0.39, 0.29) is 11.8 Å². The van der Waals surface area contributed by atoms with Gasteiger partial charge < -0.3 is 9.47 Å². The minimum Gasteiger partial charge on any atom is -0.311 e. The summed E-state index contributed by atoms with van der Waals surface area (Å²) >= 11 is 0. The summed E-state index contributed by atoms with van der Waals surface area (Å²) in [6.07, 6.45) is 14.0. The van der Waals surface area contributed by atoms with E-state index < -0.39 is 0 Å². The number of nitrogens with zero attached hydrogens (tertiary/aromatic N) is 2. The second kappa shape index (κ2) is 13.3. The van der Waals surface area contributed by atoms with Crippen LogP contribution in [0.1, 0.15) is 35.4 Å². The molecule has 2 nitrogen and oxygen atoms in total. The molecular weight excluding hydrogens is 689 g/mol. The van der Waals surface area contributed by atoms with Gasteiger partial charge in [-0.3, -0.25) is 0 Å². The van der Waals surface area contributed by atoms with Crippen molar-refractivity contribution < 1.29 is 0 Å². The van der Waals surface area contributed by atoms with Gasteiger partial charge in [-0.1, -0.05) is 158 Å². The zero-order valence-corrected chi connectivity index (χ0v) is 31.8. The summed E-state index contributed by atoms with van der Waals surface area (Å²) in [5.74, 6) is 0.339. The van der Waals surface area contributed by atoms with Crippen molar-refractivity contribution in [3.05, 3.63) is 235 Å². The maximum Gasteiger partial charge on any atom is 0.0542 e. The van der Waals surface area contributed by atoms with Crippen molar-refractivity contribution >= 4 is 33.1 Å². The molecular formula is C55H40N2. The molecule has 11 rings (SSSR count). The van der Waals surface area contributed by atoms with Crippen molar-refractivity contribution in [3.63, 3.8) is 0 Å². The Balaban J connectivity index is 1.12. The van der Waals surface area contributed by atoms with Gasteiger partial charge in [0.25, 0.3) is 0 Å².